The van der Waals surface area contributed by atoms with Crippen LogP contribution in [0.4, 0.5) is 11.4 Å². The third kappa shape index (κ3) is 6.21. The molecule has 4 atom stereocenters. The van der Waals surface area contributed by atoms with Crippen molar-refractivity contribution in [3.05, 3.63) is 129 Å². The Kier molecular flexibility index (Phi) is 8.94. The van der Waals surface area contributed by atoms with Gasteiger partial charge < -0.3 is 4.90 Å². The van der Waals surface area contributed by atoms with Crippen LogP contribution in [0.2, 0.25) is 10.0 Å². The number of benzene rings is 3. The molecule has 5 amide bonds. The van der Waals surface area contributed by atoms with Crippen LogP contribution in [-0.2, 0) is 24.0 Å². The van der Waals surface area contributed by atoms with Crippen molar-refractivity contribution in [1.29, 1.82) is 0 Å². The molecule has 280 valence electrons. The van der Waals surface area contributed by atoms with Gasteiger partial charge in [0.15, 0.2) is 0 Å². The minimum atomic E-state index is -0.827. The number of aromatic nitrogens is 2. The van der Waals surface area contributed by atoms with Crippen molar-refractivity contribution in [1.82, 2.24) is 14.9 Å². The van der Waals surface area contributed by atoms with E-state index in [0.29, 0.717) is 51.0 Å². The summed E-state index contributed by atoms with van der Waals surface area (Å²) in [6, 6.07) is 24.8. The summed E-state index contributed by atoms with van der Waals surface area (Å²) in [5, 5.41) is 2.97. The predicted octanol–water partition coefficient (Wildman–Crippen LogP) is 6.96. The topological polar surface area (TPSA) is 139 Å². The first-order chi connectivity index (χ1) is 27.1. The normalized spacial score (nSPS) is 22.0. The van der Waals surface area contributed by atoms with Crippen LogP contribution >= 0.6 is 23.2 Å². The Hall–Kier alpha value is -5.91. The van der Waals surface area contributed by atoms with Crippen LogP contribution in [0.25, 0.3) is 28.1 Å². The predicted molar refractivity (Wildman–Crippen MR) is 211 cm³/mol. The molecule has 9 rings (SSSR count). The Balaban J connectivity index is 1.07. The molecule has 3 aliphatic heterocycles. The van der Waals surface area contributed by atoms with Crippen LogP contribution in [0.5, 0.6) is 0 Å². The summed E-state index contributed by atoms with van der Waals surface area (Å²) in [4.78, 5) is 86.1. The monoisotopic (exact) mass is 785 g/mol. The molecule has 1 N–H and O–H groups in total. The molecule has 4 aliphatic rings. The van der Waals surface area contributed by atoms with E-state index in [-0.39, 0.29) is 53.9 Å². The first-order valence-corrected chi connectivity index (χ1v) is 19.2. The van der Waals surface area contributed by atoms with Gasteiger partial charge in [0.1, 0.15) is 5.82 Å². The number of halogens is 2. The van der Waals surface area contributed by atoms with Crippen molar-refractivity contribution in [2.24, 2.45) is 5.92 Å². The summed E-state index contributed by atoms with van der Waals surface area (Å²) in [7, 11) is 0. The molecule has 1 aliphatic carbocycles. The fourth-order valence-electron chi connectivity index (χ4n) is 8.31. The summed E-state index contributed by atoms with van der Waals surface area (Å²) < 4.78 is 1.38. The van der Waals surface area contributed by atoms with E-state index in [1.165, 1.54) is 16.8 Å². The van der Waals surface area contributed by atoms with E-state index in [4.69, 9.17) is 23.2 Å². The molecule has 0 bridgehead atoms. The summed E-state index contributed by atoms with van der Waals surface area (Å²) in [6.45, 7) is 0. The van der Waals surface area contributed by atoms with Crippen molar-refractivity contribution < 1.29 is 24.0 Å². The number of imide groups is 2. The largest absolute Gasteiger partial charge is 0.309 e. The van der Waals surface area contributed by atoms with E-state index < -0.39 is 35.5 Å². The molecule has 56 heavy (non-hydrogen) atoms. The first kappa shape index (κ1) is 35.8. The molecule has 5 heterocycles. The van der Waals surface area contributed by atoms with E-state index in [1.807, 2.05) is 41.3 Å². The fraction of sp³-hybridized carbons (Fsp3) is 0.233. The molecule has 3 saturated heterocycles. The molecule has 1 saturated carbocycles. The van der Waals surface area contributed by atoms with Gasteiger partial charge in [0.25, 0.3) is 5.56 Å². The van der Waals surface area contributed by atoms with Gasteiger partial charge in [-0.2, -0.15) is 0 Å². The van der Waals surface area contributed by atoms with Crippen LogP contribution in [-0.4, -0.2) is 45.1 Å². The van der Waals surface area contributed by atoms with Gasteiger partial charge in [0.05, 0.1) is 27.6 Å². The van der Waals surface area contributed by atoms with Crippen molar-refractivity contribution in [3.63, 3.8) is 0 Å². The second kappa shape index (κ2) is 14.0. The highest BCUT2D eigenvalue weighted by Gasteiger charge is 2.52. The van der Waals surface area contributed by atoms with Crippen LogP contribution in [0.3, 0.4) is 0 Å². The maximum absolute atomic E-state index is 14.6. The molecular weight excluding hydrogens is 753 g/mol. The van der Waals surface area contributed by atoms with E-state index in [0.717, 1.165) is 22.6 Å². The zero-order valence-electron chi connectivity index (χ0n) is 29.8. The summed E-state index contributed by atoms with van der Waals surface area (Å²) in [5.41, 5.74) is 4.18. The second-order valence-corrected chi connectivity index (χ2v) is 15.4. The van der Waals surface area contributed by atoms with Crippen LogP contribution in [0.1, 0.15) is 61.5 Å². The molecule has 3 aromatic carbocycles. The lowest BCUT2D eigenvalue weighted by Gasteiger charge is -2.33. The van der Waals surface area contributed by atoms with Gasteiger partial charge >= 0.3 is 0 Å². The maximum atomic E-state index is 14.6. The third-order valence-electron chi connectivity index (χ3n) is 11.3. The molecule has 2 aromatic heterocycles. The molecular formula is C43H33Cl2N5O6. The molecule has 0 spiro atoms. The minimum Gasteiger partial charge on any atom is -0.309 e. The number of hydrogen-bond acceptors (Lipinski definition) is 7. The number of nitrogens with one attached hydrogen (secondary N) is 1. The summed E-state index contributed by atoms with van der Waals surface area (Å²) >= 11 is 14.2. The van der Waals surface area contributed by atoms with Crippen molar-refractivity contribution in [2.75, 3.05) is 9.80 Å². The van der Waals surface area contributed by atoms with Gasteiger partial charge in [-0.15, -0.1) is 0 Å². The smallest absolute Gasteiger partial charge is 0.256 e. The second-order valence-electron chi connectivity index (χ2n) is 14.7. The number of anilines is 2. The van der Waals surface area contributed by atoms with E-state index in [2.05, 4.69) is 10.3 Å². The lowest BCUT2D eigenvalue weighted by molar-refractivity contribution is -0.134. The van der Waals surface area contributed by atoms with Gasteiger partial charge in [-0.1, -0.05) is 59.6 Å². The number of fused-ring (bicyclic) bond motifs is 1. The Morgan fingerprint density at radius 3 is 2.18 bits per heavy atom. The Labute approximate surface area is 330 Å². The quantitative estimate of drug-likeness (QED) is 0.176. The van der Waals surface area contributed by atoms with Crippen LogP contribution < -0.4 is 20.7 Å². The number of rotatable bonds is 7. The molecule has 11 nitrogen and oxygen atoms in total. The van der Waals surface area contributed by atoms with Crippen LogP contribution in [0.15, 0.2) is 102 Å². The molecule has 4 unspecified atom stereocenters. The standard InChI is InChI=1S/C43H33Cl2N5O6/c44-40-28(23-7-10-26(11-8-23)49-34-18-25(34)19-39(49)54)4-3-5-29(40)31-13-16-38(53)50(43(31)56)27-20-32(41(45)33(21-27)30-12-15-36(51)47-42(30)55)24-9-14-35(46-22-24)48-17-2-1-6-37(48)52/h1-11,14,17,20-22,25,30-31,34H,12-13,15-16,18-19H2,(H,47,51,55). The molecule has 5 aromatic rings. The van der Waals surface area contributed by atoms with E-state index in [1.54, 1.807) is 48.7 Å². The lowest BCUT2D eigenvalue weighted by atomic mass is 9.85. The highest BCUT2D eigenvalue weighted by atomic mass is 35.5. The number of piperidine rings is 3. The number of pyridine rings is 2. The average molecular weight is 787 g/mol. The number of carbonyl (C=O) groups excluding carboxylic acids is 5. The van der Waals surface area contributed by atoms with Crippen molar-refractivity contribution >= 4 is 64.1 Å². The van der Waals surface area contributed by atoms with Gasteiger partial charge in [-0.05, 0) is 84.3 Å². The highest BCUT2D eigenvalue weighted by Crippen LogP contribution is 2.48. The Morgan fingerprint density at radius 2 is 1.46 bits per heavy atom. The van der Waals surface area contributed by atoms with E-state index >= 15 is 0 Å². The lowest BCUT2D eigenvalue weighted by Crippen LogP contribution is -2.44. The van der Waals surface area contributed by atoms with E-state index in [9.17, 15) is 28.8 Å². The first-order valence-electron chi connectivity index (χ1n) is 18.5. The Bertz CT molecular complexity index is 2550. The number of nitrogens with zero attached hydrogens (tertiary/aromatic N) is 4. The van der Waals surface area contributed by atoms with Crippen molar-refractivity contribution in [3.8, 4) is 28.1 Å². The van der Waals surface area contributed by atoms with Gasteiger partial charge in [0, 0.05) is 66.1 Å². The van der Waals surface area contributed by atoms with Crippen molar-refractivity contribution in [2.45, 2.75) is 56.4 Å². The summed E-state index contributed by atoms with van der Waals surface area (Å²) in [5.74, 6) is -2.47. The molecule has 13 heteroatoms. The zero-order valence-corrected chi connectivity index (χ0v) is 31.3. The third-order valence-corrected chi connectivity index (χ3v) is 12.1. The summed E-state index contributed by atoms with van der Waals surface area (Å²) in [6.07, 6.45) is 5.31. The maximum Gasteiger partial charge on any atom is 0.256 e. The number of carbonyl (C=O) groups is 5. The Morgan fingerprint density at radius 1 is 0.696 bits per heavy atom. The van der Waals surface area contributed by atoms with Gasteiger partial charge in [0.2, 0.25) is 29.5 Å². The van der Waals surface area contributed by atoms with Gasteiger partial charge in [-0.3, -0.25) is 43.6 Å². The number of hydrogen-bond donors (Lipinski definition) is 1. The number of amides is 5. The molecule has 4 fully saturated rings. The fourth-order valence-corrected chi connectivity index (χ4v) is 9.03. The van der Waals surface area contributed by atoms with Gasteiger partial charge in [-0.25, -0.2) is 4.98 Å². The zero-order chi connectivity index (χ0) is 38.8. The average Bonchev–Trinajstić information content (AvgIpc) is 3.86. The minimum absolute atomic E-state index is 0.0471. The SMILES string of the molecule is O=C1CCC(c2cc(N3C(=O)CCC(c4cccc(-c5ccc(N6C(=O)CC7CC76)cc5)c4Cl)C3=O)cc(-c3ccc(-n4ccccc4=O)nc3)c2Cl)C(=O)N1. The molecule has 0 radical (unpaired) electrons. The van der Waals surface area contributed by atoms with Crippen LogP contribution in [0, 0.1) is 5.92 Å². The highest BCUT2D eigenvalue weighted by molar-refractivity contribution is 6.35.